The highest BCUT2D eigenvalue weighted by atomic mass is 19.1. The number of nitrogens with one attached hydrogen (secondary N) is 1. The fraction of sp³-hybridized carbons (Fsp3) is 0.318. The number of carbonyl (C=O) groups is 1. The monoisotopic (exact) mass is 456 g/mol. The molecular weight excluding hydrogens is 434 g/mol. The summed E-state index contributed by atoms with van der Waals surface area (Å²) in [6.45, 7) is 0.505. The van der Waals surface area contributed by atoms with Crippen molar-refractivity contribution in [1.82, 2.24) is 24.9 Å². The molecule has 1 aliphatic carbocycles. The van der Waals surface area contributed by atoms with Crippen molar-refractivity contribution in [3.05, 3.63) is 54.0 Å². The first-order valence-electron chi connectivity index (χ1n) is 10.4. The van der Waals surface area contributed by atoms with Crippen molar-refractivity contribution >= 4 is 11.8 Å². The molecule has 0 atom stereocenters. The van der Waals surface area contributed by atoms with E-state index in [0.29, 0.717) is 42.0 Å². The highest BCUT2D eigenvalue weighted by Crippen LogP contribution is 2.28. The number of allylic oxidation sites excluding steroid dienone is 4. The van der Waals surface area contributed by atoms with Crippen molar-refractivity contribution < 1.29 is 22.8 Å². The van der Waals surface area contributed by atoms with Crippen LogP contribution in [0.1, 0.15) is 25.7 Å². The molecule has 1 aliphatic rings. The number of aromatic nitrogens is 5. The summed E-state index contributed by atoms with van der Waals surface area (Å²) in [6, 6.07) is 3.36. The Kier molecular flexibility index (Phi) is 6.86. The number of rotatable bonds is 9. The number of methoxy groups -OCH3 is 1. The van der Waals surface area contributed by atoms with Crippen LogP contribution in [0.5, 0.6) is 0 Å². The maximum Gasteiger partial charge on any atom is 0.305 e. The average Bonchev–Trinajstić information content (AvgIpc) is 3.49. The Morgan fingerprint density at radius 1 is 1.27 bits per heavy atom. The van der Waals surface area contributed by atoms with Gasteiger partial charge >= 0.3 is 5.97 Å². The lowest BCUT2D eigenvalue weighted by Gasteiger charge is -2.11. The Morgan fingerprint density at radius 3 is 2.88 bits per heavy atom. The zero-order valence-electron chi connectivity index (χ0n) is 17.9. The number of ether oxygens (including phenoxy) is 1. The first-order chi connectivity index (χ1) is 16.0. The van der Waals surface area contributed by atoms with E-state index in [4.69, 9.17) is 4.52 Å². The number of nitrogens with zero attached hydrogens (tertiary/aromatic N) is 5. The smallest absolute Gasteiger partial charge is 0.305 e. The van der Waals surface area contributed by atoms with Gasteiger partial charge in [0.15, 0.2) is 17.5 Å². The third kappa shape index (κ3) is 5.30. The van der Waals surface area contributed by atoms with Gasteiger partial charge in [-0.2, -0.15) is 5.10 Å². The molecule has 11 heteroatoms. The molecule has 0 aliphatic heterocycles. The van der Waals surface area contributed by atoms with Gasteiger partial charge in [0.2, 0.25) is 0 Å². The molecule has 3 aromatic heterocycles. The lowest BCUT2D eigenvalue weighted by molar-refractivity contribution is -0.140. The summed E-state index contributed by atoms with van der Waals surface area (Å²) in [5, 5.41) is 11.3. The van der Waals surface area contributed by atoms with Crippen molar-refractivity contribution in [1.29, 1.82) is 0 Å². The second-order valence-electron chi connectivity index (χ2n) is 7.31. The molecule has 0 amide bonds. The van der Waals surface area contributed by atoms with Crippen LogP contribution < -0.4 is 5.32 Å². The molecule has 33 heavy (non-hydrogen) atoms. The number of esters is 1. The molecule has 3 heterocycles. The van der Waals surface area contributed by atoms with E-state index in [0.717, 1.165) is 12.6 Å². The molecule has 0 aromatic carbocycles. The van der Waals surface area contributed by atoms with E-state index in [-0.39, 0.29) is 36.4 Å². The van der Waals surface area contributed by atoms with Gasteiger partial charge in [-0.3, -0.25) is 9.48 Å². The summed E-state index contributed by atoms with van der Waals surface area (Å²) in [6.07, 6.45) is 7.94. The number of anilines is 1. The van der Waals surface area contributed by atoms with E-state index in [9.17, 15) is 13.6 Å². The van der Waals surface area contributed by atoms with Gasteiger partial charge in [0, 0.05) is 24.6 Å². The van der Waals surface area contributed by atoms with E-state index in [1.807, 2.05) is 6.08 Å². The Balaban J connectivity index is 1.59. The van der Waals surface area contributed by atoms with E-state index < -0.39 is 5.82 Å². The van der Waals surface area contributed by atoms with E-state index in [2.05, 4.69) is 30.3 Å². The van der Waals surface area contributed by atoms with Gasteiger partial charge in [-0.25, -0.2) is 18.7 Å². The highest BCUT2D eigenvalue weighted by molar-refractivity contribution is 5.69. The van der Waals surface area contributed by atoms with Crippen LogP contribution in [0.3, 0.4) is 0 Å². The Labute approximate surface area is 188 Å². The minimum atomic E-state index is -0.632. The third-order valence-electron chi connectivity index (χ3n) is 5.04. The van der Waals surface area contributed by atoms with Gasteiger partial charge < -0.3 is 14.6 Å². The van der Waals surface area contributed by atoms with Gasteiger partial charge in [-0.05, 0) is 31.4 Å². The lowest BCUT2D eigenvalue weighted by Crippen LogP contribution is -2.10. The quantitative estimate of drug-likeness (QED) is 0.379. The first-order valence-corrected chi connectivity index (χ1v) is 10.4. The number of hydrogen-bond acceptors (Lipinski definition) is 8. The fourth-order valence-corrected chi connectivity index (χ4v) is 3.35. The molecule has 9 nitrogen and oxygen atoms in total. The van der Waals surface area contributed by atoms with Crippen molar-refractivity contribution in [3.8, 4) is 22.9 Å². The van der Waals surface area contributed by atoms with Crippen molar-refractivity contribution in [2.75, 3.05) is 19.0 Å². The molecule has 172 valence electrons. The summed E-state index contributed by atoms with van der Waals surface area (Å²) in [4.78, 5) is 19.5. The molecule has 1 N–H and O–H groups in total. The Morgan fingerprint density at radius 2 is 2.12 bits per heavy atom. The molecule has 0 spiro atoms. The standard InChI is InChI=1S/C22H22F2N6O3/c1-32-20(31)7-4-9-25-21-16(24)12-26-22(27-21)18-11-19(17-8-10-33-29-17)30(28-18)13-14-5-2-3-6-15(14)23/h5-6,8,10-12H,2-4,7,9,13H2,1H3,(H,25,26,27). The molecule has 0 saturated heterocycles. The van der Waals surface area contributed by atoms with Crippen molar-refractivity contribution in [3.63, 3.8) is 0 Å². The number of halogens is 2. The molecular formula is C22H22F2N6O3. The molecule has 0 bridgehead atoms. The Hall–Kier alpha value is -3.89. The van der Waals surface area contributed by atoms with Crippen LogP contribution in [0, 0.1) is 5.82 Å². The lowest BCUT2D eigenvalue weighted by atomic mass is 10.1. The van der Waals surface area contributed by atoms with Gasteiger partial charge in [0.1, 0.15) is 23.5 Å². The van der Waals surface area contributed by atoms with Gasteiger partial charge in [0.05, 0.1) is 25.5 Å². The highest BCUT2D eigenvalue weighted by Gasteiger charge is 2.19. The van der Waals surface area contributed by atoms with Crippen LogP contribution in [-0.2, 0) is 16.1 Å². The number of hydrogen-bond donors (Lipinski definition) is 1. The molecule has 0 fully saturated rings. The molecule has 0 saturated carbocycles. The van der Waals surface area contributed by atoms with Crippen molar-refractivity contribution in [2.24, 2.45) is 0 Å². The average molecular weight is 456 g/mol. The molecule has 4 rings (SSSR count). The minimum Gasteiger partial charge on any atom is -0.469 e. The number of carbonyl (C=O) groups excluding carboxylic acids is 1. The van der Waals surface area contributed by atoms with Gasteiger partial charge in [0.25, 0.3) is 0 Å². The third-order valence-corrected chi connectivity index (χ3v) is 5.04. The second-order valence-corrected chi connectivity index (χ2v) is 7.31. The zero-order valence-corrected chi connectivity index (χ0v) is 17.9. The predicted octanol–water partition coefficient (Wildman–Crippen LogP) is 4.07. The topological polar surface area (TPSA) is 108 Å². The maximum atomic E-state index is 14.3. The first kappa shape index (κ1) is 22.3. The van der Waals surface area contributed by atoms with Crippen molar-refractivity contribution in [2.45, 2.75) is 32.2 Å². The molecule has 3 aromatic rings. The van der Waals surface area contributed by atoms with Gasteiger partial charge in [-0.15, -0.1) is 0 Å². The SMILES string of the molecule is COC(=O)CCCNc1nc(-c2cc(-c3ccon3)n(CC3=CCCC=C3F)n2)ncc1F. The molecule has 0 unspecified atom stereocenters. The van der Waals surface area contributed by atoms with E-state index >= 15 is 0 Å². The summed E-state index contributed by atoms with van der Waals surface area (Å²) in [7, 11) is 1.31. The largest absolute Gasteiger partial charge is 0.469 e. The van der Waals surface area contributed by atoms with E-state index in [1.54, 1.807) is 22.9 Å². The van der Waals surface area contributed by atoms with Crippen LogP contribution in [-0.4, -0.2) is 44.5 Å². The summed E-state index contributed by atoms with van der Waals surface area (Å²) in [5.41, 5.74) is 1.98. The maximum absolute atomic E-state index is 14.3. The second kappa shape index (κ2) is 10.2. The Bertz CT molecular complexity index is 1190. The fourth-order valence-electron chi connectivity index (χ4n) is 3.35. The van der Waals surface area contributed by atoms with E-state index in [1.165, 1.54) is 13.4 Å². The van der Waals surface area contributed by atoms with Crippen LogP contribution in [0.2, 0.25) is 0 Å². The molecule has 0 radical (unpaired) electrons. The van der Waals surface area contributed by atoms with Crippen LogP contribution >= 0.6 is 0 Å². The zero-order chi connectivity index (χ0) is 23.2. The predicted molar refractivity (Wildman–Crippen MR) is 115 cm³/mol. The normalized spacial score (nSPS) is 13.4. The minimum absolute atomic E-state index is 0.00799. The summed E-state index contributed by atoms with van der Waals surface area (Å²) >= 11 is 0. The van der Waals surface area contributed by atoms with Crippen LogP contribution in [0.4, 0.5) is 14.6 Å². The van der Waals surface area contributed by atoms with Crippen LogP contribution in [0.25, 0.3) is 22.9 Å². The summed E-state index contributed by atoms with van der Waals surface area (Å²) in [5.74, 6) is -1.07. The summed E-state index contributed by atoms with van der Waals surface area (Å²) < 4.78 is 39.6. The van der Waals surface area contributed by atoms with Crippen LogP contribution in [0.15, 0.2) is 52.7 Å². The van der Waals surface area contributed by atoms with Gasteiger partial charge in [-0.1, -0.05) is 11.2 Å².